The van der Waals surface area contributed by atoms with Crippen LogP contribution in [0, 0.1) is 5.92 Å². The highest BCUT2D eigenvalue weighted by atomic mass is 16.5. The van der Waals surface area contributed by atoms with Crippen molar-refractivity contribution in [1.29, 1.82) is 0 Å². The summed E-state index contributed by atoms with van der Waals surface area (Å²) in [7, 11) is 0. The van der Waals surface area contributed by atoms with Crippen LogP contribution in [0.3, 0.4) is 0 Å². The van der Waals surface area contributed by atoms with Crippen LogP contribution in [0.5, 0.6) is 0 Å². The lowest BCUT2D eigenvalue weighted by Crippen LogP contribution is -2.43. The minimum absolute atomic E-state index is 0.0217. The summed E-state index contributed by atoms with van der Waals surface area (Å²) >= 11 is 0. The first-order chi connectivity index (χ1) is 12.6. The van der Waals surface area contributed by atoms with Gasteiger partial charge in [0.2, 0.25) is 5.91 Å². The van der Waals surface area contributed by atoms with E-state index >= 15 is 0 Å². The van der Waals surface area contributed by atoms with Crippen molar-refractivity contribution < 1.29 is 14.3 Å². The number of nitrogens with zero attached hydrogens (tertiary/aromatic N) is 1. The zero-order valence-electron chi connectivity index (χ0n) is 15.0. The number of benzene rings is 1. The van der Waals surface area contributed by atoms with Gasteiger partial charge in [-0.1, -0.05) is 18.2 Å². The largest absolute Gasteiger partial charge is 0.466 e. The number of hydrogen-bond donors (Lipinski definition) is 1. The molecule has 138 valence electrons. The maximum absolute atomic E-state index is 12.5. The molecule has 0 spiro atoms. The van der Waals surface area contributed by atoms with Crippen LogP contribution in [-0.4, -0.2) is 41.5 Å². The van der Waals surface area contributed by atoms with Crippen LogP contribution in [0.4, 0.5) is 0 Å². The van der Waals surface area contributed by atoms with Crippen molar-refractivity contribution in [2.75, 3.05) is 19.7 Å². The van der Waals surface area contributed by atoms with Gasteiger partial charge in [0.1, 0.15) is 0 Å². The lowest BCUT2D eigenvalue weighted by Gasteiger charge is -2.31. The number of nitrogens with one attached hydrogen (secondary N) is 1. The third kappa shape index (κ3) is 4.12. The number of para-hydroxylation sites is 1. The van der Waals surface area contributed by atoms with Gasteiger partial charge in [-0.15, -0.1) is 0 Å². The van der Waals surface area contributed by atoms with Crippen molar-refractivity contribution in [3.05, 3.63) is 46.2 Å². The number of carbonyl (C=O) groups excluding carboxylic acids is 2. The molecule has 0 radical (unpaired) electrons. The number of fused-ring (bicyclic) bond motifs is 1. The molecule has 3 rings (SSSR count). The Kier molecular flexibility index (Phi) is 5.71. The highest BCUT2D eigenvalue weighted by molar-refractivity contribution is 5.80. The molecule has 26 heavy (non-hydrogen) atoms. The van der Waals surface area contributed by atoms with E-state index < -0.39 is 0 Å². The SMILES string of the molecule is CCOC(=O)[C@H]1CCCN(C(=O)CCc2cc3ccccc3[nH]c2=O)C1. The number of likely N-dealkylation sites (tertiary alicyclic amines) is 1. The molecule has 2 heterocycles. The number of piperidine rings is 1. The minimum atomic E-state index is -0.239. The first-order valence-electron chi connectivity index (χ1n) is 9.14. The molecule has 0 unspecified atom stereocenters. The molecule has 1 amide bonds. The van der Waals surface area contributed by atoms with E-state index in [0.717, 1.165) is 23.7 Å². The van der Waals surface area contributed by atoms with Crippen molar-refractivity contribution in [2.45, 2.75) is 32.6 Å². The number of aromatic amines is 1. The summed E-state index contributed by atoms with van der Waals surface area (Å²) < 4.78 is 5.07. The third-order valence-electron chi connectivity index (χ3n) is 4.83. The van der Waals surface area contributed by atoms with Gasteiger partial charge in [-0.05, 0) is 43.7 Å². The van der Waals surface area contributed by atoms with Gasteiger partial charge >= 0.3 is 5.97 Å². The van der Waals surface area contributed by atoms with E-state index in [4.69, 9.17) is 4.74 Å². The molecule has 1 fully saturated rings. The summed E-state index contributed by atoms with van der Waals surface area (Å²) in [4.78, 5) is 41.2. The lowest BCUT2D eigenvalue weighted by molar-refractivity contribution is -0.151. The molecule has 6 heteroatoms. The third-order valence-corrected chi connectivity index (χ3v) is 4.83. The summed E-state index contributed by atoms with van der Waals surface area (Å²) in [5, 5.41) is 0.954. The average molecular weight is 356 g/mol. The lowest BCUT2D eigenvalue weighted by atomic mass is 9.97. The number of ether oxygens (including phenoxy) is 1. The molecule has 1 aliphatic heterocycles. The Hall–Kier alpha value is -2.63. The number of aryl methyl sites for hydroxylation is 1. The number of aromatic nitrogens is 1. The first-order valence-corrected chi connectivity index (χ1v) is 9.14. The molecule has 1 aliphatic rings. The smallest absolute Gasteiger partial charge is 0.310 e. The summed E-state index contributed by atoms with van der Waals surface area (Å²) in [6.07, 6.45) is 2.20. The van der Waals surface area contributed by atoms with Crippen molar-refractivity contribution in [3.8, 4) is 0 Å². The summed E-state index contributed by atoms with van der Waals surface area (Å²) in [5.74, 6) is -0.487. The topological polar surface area (TPSA) is 79.5 Å². The monoisotopic (exact) mass is 356 g/mol. The zero-order chi connectivity index (χ0) is 18.5. The molecule has 2 aromatic rings. The fourth-order valence-electron chi connectivity index (χ4n) is 3.43. The van der Waals surface area contributed by atoms with Crippen LogP contribution in [0.25, 0.3) is 10.9 Å². The summed E-state index contributed by atoms with van der Waals surface area (Å²) in [5.41, 5.74) is 1.25. The number of H-pyrrole nitrogens is 1. The van der Waals surface area contributed by atoms with E-state index in [2.05, 4.69) is 4.98 Å². The van der Waals surface area contributed by atoms with Gasteiger partial charge in [-0.25, -0.2) is 0 Å². The van der Waals surface area contributed by atoms with Gasteiger partial charge in [-0.2, -0.15) is 0 Å². The highest BCUT2D eigenvalue weighted by Gasteiger charge is 2.29. The van der Waals surface area contributed by atoms with Crippen LogP contribution < -0.4 is 5.56 Å². The maximum atomic E-state index is 12.5. The number of pyridine rings is 1. The van der Waals surface area contributed by atoms with E-state index in [1.807, 2.05) is 30.3 Å². The normalized spacial score (nSPS) is 17.3. The maximum Gasteiger partial charge on any atom is 0.310 e. The van der Waals surface area contributed by atoms with Crippen LogP contribution >= 0.6 is 0 Å². The van der Waals surface area contributed by atoms with Crippen molar-refractivity contribution in [2.24, 2.45) is 5.92 Å². The number of amides is 1. The second-order valence-corrected chi connectivity index (χ2v) is 6.64. The van der Waals surface area contributed by atoms with Crippen molar-refractivity contribution in [3.63, 3.8) is 0 Å². The highest BCUT2D eigenvalue weighted by Crippen LogP contribution is 2.19. The van der Waals surface area contributed by atoms with Crippen molar-refractivity contribution in [1.82, 2.24) is 9.88 Å². The summed E-state index contributed by atoms with van der Waals surface area (Å²) in [6, 6.07) is 9.43. The predicted molar refractivity (Wildman–Crippen MR) is 98.8 cm³/mol. The Morgan fingerprint density at radius 2 is 2.12 bits per heavy atom. The number of esters is 1. The molecule has 1 saturated heterocycles. The summed E-state index contributed by atoms with van der Waals surface area (Å²) in [6.45, 7) is 3.20. The molecular formula is C20H24N2O4. The molecule has 1 aromatic heterocycles. The van der Waals surface area contributed by atoms with Gasteiger partial charge < -0.3 is 14.6 Å². The van der Waals surface area contributed by atoms with E-state index in [9.17, 15) is 14.4 Å². The quantitative estimate of drug-likeness (QED) is 0.834. The number of rotatable bonds is 5. The number of carbonyl (C=O) groups is 2. The predicted octanol–water partition coefficient (Wildman–Crippen LogP) is 2.26. The van der Waals surface area contributed by atoms with E-state index in [0.29, 0.717) is 31.7 Å². The molecule has 0 aliphatic carbocycles. The second-order valence-electron chi connectivity index (χ2n) is 6.64. The van der Waals surface area contributed by atoms with E-state index in [1.54, 1.807) is 11.8 Å². The van der Waals surface area contributed by atoms with Crippen LogP contribution in [0.2, 0.25) is 0 Å². The first kappa shape index (κ1) is 18.2. The Morgan fingerprint density at radius 1 is 1.31 bits per heavy atom. The number of hydrogen-bond acceptors (Lipinski definition) is 4. The van der Waals surface area contributed by atoms with Crippen LogP contribution in [0.15, 0.2) is 35.1 Å². The van der Waals surface area contributed by atoms with E-state index in [1.165, 1.54) is 0 Å². The Bertz CT molecular complexity index is 858. The fraction of sp³-hybridized carbons (Fsp3) is 0.450. The standard InChI is InChI=1S/C20H24N2O4/c1-2-26-20(25)16-7-5-11-22(13-16)18(23)10-9-15-12-14-6-3-4-8-17(14)21-19(15)24/h3-4,6,8,12,16H,2,5,7,9-11,13H2,1H3,(H,21,24)/t16-/m0/s1. The minimum Gasteiger partial charge on any atom is -0.466 e. The second kappa shape index (κ2) is 8.17. The van der Waals surface area contributed by atoms with Crippen molar-refractivity contribution >= 4 is 22.8 Å². The Morgan fingerprint density at radius 3 is 2.92 bits per heavy atom. The molecule has 1 atom stereocenters. The average Bonchev–Trinajstić information content (AvgIpc) is 2.66. The molecule has 6 nitrogen and oxygen atoms in total. The molecular weight excluding hydrogens is 332 g/mol. The van der Waals surface area contributed by atoms with Gasteiger partial charge in [0.05, 0.1) is 12.5 Å². The van der Waals surface area contributed by atoms with Gasteiger partial charge in [0.25, 0.3) is 5.56 Å². The van der Waals surface area contributed by atoms with E-state index in [-0.39, 0.29) is 29.8 Å². The van der Waals surface area contributed by atoms with Crippen LogP contribution in [-0.2, 0) is 20.7 Å². The fourth-order valence-corrected chi connectivity index (χ4v) is 3.43. The molecule has 1 aromatic carbocycles. The van der Waals surface area contributed by atoms with Gasteiger partial charge in [0.15, 0.2) is 0 Å². The Balaban J connectivity index is 1.62. The van der Waals surface area contributed by atoms with Crippen LogP contribution in [0.1, 0.15) is 31.7 Å². The Labute approximate surface area is 152 Å². The molecule has 0 bridgehead atoms. The van der Waals surface area contributed by atoms with Gasteiger partial charge in [0, 0.05) is 30.6 Å². The molecule has 0 saturated carbocycles. The zero-order valence-corrected chi connectivity index (χ0v) is 15.0. The van der Waals surface area contributed by atoms with Gasteiger partial charge in [-0.3, -0.25) is 14.4 Å². The molecule has 1 N–H and O–H groups in total.